The van der Waals surface area contributed by atoms with Crippen LogP contribution in [0.3, 0.4) is 0 Å². The summed E-state index contributed by atoms with van der Waals surface area (Å²) < 4.78 is 5.16. The summed E-state index contributed by atoms with van der Waals surface area (Å²) in [6, 6.07) is 15.0. The first kappa shape index (κ1) is 13.6. The minimum atomic E-state index is -0.769. The number of benzene rings is 2. The summed E-state index contributed by atoms with van der Waals surface area (Å²) in [5.41, 5.74) is 6.54. The SMILES string of the molecule is CC(=O)N(C(=O)Oc1cccc(N)c1)c1ccccc1. The van der Waals surface area contributed by atoms with Gasteiger partial charge in [-0.25, -0.2) is 9.69 Å². The maximum absolute atomic E-state index is 12.1. The molecule has 0 aliphatic heterocycles. The van der Waals surface area contributed by atoms with Crippen molar-refractivity contribution in [3.8, 4) is 5.75 Å². The van der Waals surface area contributed by atoms with Gasteiger partial charge in [-0.05, 0) is 24.3 Å². The lowest BCUT2D eigenvalue weighted by atomic mass is 10.3. The Bertz CT molecular complexity index is 626. The molecule has 0 saturated heterocycles. The Kier molecular flexibility index (Phi) is 4.00. The van der Waals surface area contributed by atoms with Gasteiger partial charge in [-0.2, -0.15) is 0 Å². The minimum Gasteiger partial charge on any atom is -0.410 e. The Hall–Kier alpha value is -2.82. The molecule has 0 saturated carbocycles. The average molecular weight is 270 g/mol. The van der Waals surface area contributed by atoms with Crippen LogP contribution in [-0.2, 0) is 4.79 Å². The van der Waals surface area contributed by atoms with E-state index in [1.165, 1.54) is 13.0 Å². The highest BCUT2D eigenvalue weighted by Crippen LogP contribution is 2.19. The van der Waals surface area contributed by atoms with Crippen LogP contribution in [-0.4, -0.2) is 12.0 Å². The van der Waals surface area contributed by atoms with Gasteiger partial charge in [-0.3, -0.25) is 4.79 Å². The van der Waals surface area contributed by atoms with E-state index in [4.69, 9.17) is 10.5 Å². The molecule has 0 aromatic heterocycles. The molecule has 20 heavy (non-hydrogen) atoms. The van der Waals surface area contributed by atoms with Gasteiger partial charge in [0, 0.05) is 18.7 Å². The van der Waals surface area contributed by atoms with E-state index in [9.17, 15) is 9.59 Å². The lowest BCUT2D eigenvalue weighted by molar-refractivity contribution is -0.116. The third-order valence-electron chi connectivity index (χ3n) is 2.58. The third kappa shape index (κ3) is 3.14. The smallest absolute Gasteiger partial charge is 0.410 e. The molecule has 0 heterocycles. The number of nitrogens with zero attached hydrogens (tertiary/aromatic N) is 1. The number of para-hydroxylation sites is 1. The van der Waals surface area contributed by atoms with Crippen LogP contribution in [0, 0.1) is 0 Å². The molecule has 0 fully saturated rings. The number of carbonyl (C=O) groups excluding carboxylic acids is 2. The number of hydrogen-bond acceptors (Lipinski definition) is 4. The number of nitrogen functional groups attached to an aromatic ring is 1. The molecule has 2 N–H and O–H groups in total. The molecule has 2 aromatic rings. The molecule has 5 heteroatoms. The summed E-state index contributed by atoms with van der Waals surface area (Å²) >= 11 is 0. The van der Waals surface area contributed by atoms with Gasteiger partial charge in [-0.1, -0.05) is 24.3 Å². The summed E-state index contributed by atoms with van der Waals surface area (Å²) in [7, 11) is 0. The van der Waals surface area contributed by atoms with Crippen molar-refractivity contribution in [3.05, 3.63) is 54.6 Å². The highest BCUT2D eigenvalue weighted by molar-refractivity contribution is 6.11. The zero-order chi connectivity index (χ0) is 14.5. The number of hydrogen-bond donors (Lipinski definition) is 1. The van der Waals surface area contributed by atoms with Crippen LogP contribution in [0.15, 0.2) is 54.6 Å². The van der Waals surface area contributed by atoms with Gasteiger partial charge in [0.15, 0.2) is 0 Å². The molecule has 0 unspecified atom stereocenters. The summed E-state index contributed by atoms with van der Waals surface area (Å²) in [6.45, 7) is 1.30. The number of amides is 2. The number of rotatable bonds is 2. The second-order valence-electron chi connectivity index (χ2n) is 4.13. The van der Waals surface area contributed by atoms with Crippen LogP contribution in [0.1, 0.15) is 6.92 Å². The van der Waals surface area contributed by atoms with E-state index in [1.54, 1.807) is 48.5 Å². The first-order chi connectivity index (χ1) is 9.58. The van der Waals surface area contributed by atoms with Gasteiger partial charge in [0.25, 0.3) is 0 Å². The largest absolute Gasteiger partial charge is 0.426 e. The van der Waals surface area contributed by atoms with E-state index in [0.29, 0.717) is 11.4 Å². The lowest BCUT2D eigenvalue weighted by Crippen LogP contribution is -2.37. The van der Waals surface area contributed by atoms with Crippen LogP contribution in [0.25, 0.3) is 0 Å². The summed E-state index contributed by atoms with van der Waals surface area (Å²) in [6.07, 6.45) is -0.769. The van der Waals surface area contributed by atoms with E-state index in [-0.39, 0.29) is 5.75 Å². The molecular formula is C15H14N2O3. The van der Waals surface area contributed by atoms with Crippen molar-refractivity contribution >= 4 is 23.4 Å². The van der Waals surface area contributed by atoms with E-state index >= 15 is 0 Å². The number of ether oxygens (including phenoxy) is 1. The topological polar surface area (TPSA) is 72.6 Å². The Morgan fingerprint density at radius 2 is 1.75 bits per heavy atom. The van der Waals surface area contributed by atoms with Crippen molar-refractivity contribution < 1.29 is 14.3 Å². The zero-order valence-electron chi connectivity index (χ0n) is 10.9. The Labute approximate surface area is 116 Å². The monoisotopic (exact) mass is 270 g/mol. The Morgan fingerprint density at radius 3 is 2.35 bits per heavy atom. The predicted octanol–water partition coefficient (Wildman–Crippen LogP) is 2.82. The summed E-state index contributed by atoms with van der Waals surface area (Å²) in [5.74, 6) is -0.137. The molecule has 0 aliphatic rings. The molecular weight excluding hydrogens is 256 g/mol. The average Bonchev–Trinajstić information content (AvgIpc) is 2.39. The first-order valence-corrected chi connectivity index (χ1v) is 6.01. The molecule has 102 valence electrons. The van der Waals surface area contributed by atoms with Crippen molar-refractivity contribution in [2.75, 3.05) is 10.6 Å². The van der Waals surface area contributed by atoms with Crippen molar-refractivity contribution in [1.29, 1.82) is 0 Å². The number of anilines is 2. The lowest BCUT2D eigenvalue weighted by Gasteiger charge is -2.18. The predicted molar refractivity (Wildman–Crippen MR) is 76.5 cm³/mol. The van der Waals surface area contributed by atoms with Gasteiger partial charge in [0.05, 0.1) is 5.69 Å². The summed E-state index contributed by atoms with van der Waals surface area (Å²) in [4.78, 5) is 24.7. The van der Waals surface area contributed by atoms with Crippen LogP contribution in [0.2, 0.25) is 0 Å². The molecule has 0 radical (unpaired) electrons. The molecule has 2 aromatic carbocycles. The van der Waals surface area contributed by atoms with Crippen LogP contribution >= 0.6 is 0 Å². The van der Waals surface area contributed by atoms with Crippen molar-refractivity contribution in [2.24, 2.45) is 0 Å². The highest BCUT2D eigenvalue weighted by atomic mass is 16.6. The minimum absolute atomic E-state index is 0.289. The molecule has 0 aliphatic carbocycles. The van der Waals surface area contributed by atoms with E-state index < -0.39 is 12.0 Å². The fourth-order valence-corrected chi connectivity index (χ4v) is 1.72. The van der Waals surface area contributed by atoms with Crippen LogP contribution in [0.4, 0.5) is 16.2 Å². The van der Waals surface area contributed by atoms with Crippen molar-refractivity contribution in [2.45, 2.75) is 6.92 Å². The van der Waals surface area contributed by atoms with Gasteiger partial charge < -0.3 is 10.5 Å². The quantitative estimate of drug-likeness (QED) is 0.852. The second kappa shape index (κ2) is 5.88. The third-order valence-corrected chi connectivity index (χ3v) is 2.58. The maximum Gasteiger partial charge on any atom is 0.426 e. The zero-order valence-corrected chi connectivity index (χ0v) is 10.9. The second-order valence-corrected chi connectivity index (χ2v) is 4.13. The van der Waals surface area contributed by atoms with Gasteiger partial charge >= 0.3 is 6.09 Å². The van der Waals surface area contributed by atoms with E-state index in [2.05, 4.69) is 0 Å². The maximum atomic E-state index is 12.1. The first-order valence-electron chi connectivity index (χ1n) is 6.01. The van der Waals surface area contributed by atoms with Crippen molar-refractivity contribution in [1.82, 2.24) is 0 Å². The molecule has 0 spiro atoms. The molecule has 5 nitrogen and oxygen atoms in total. The standard InChI is InChI=1S/C15H14N2O3/c1-11(18)17(13-7-3-2-4-8-13)15(19)20-14-9-5-6-12(16)10-14/h2-10H,16H2,1H3. The molecule has 0 bridgehead atoms. The normalized spacial score (nSPS) is 9.85. The fourth-order valence-electron chi connectivity index (χ4n) is 1.72. The summed E-state index contributed by atoms with van der Waals surface area (Å²) in [5, 5.41) is 0. The van der Waals surface area contributed by atoms with Gasteiger partial charge in [0.2, 0.25) is 5.91 Å². The number of carbonyl (C=O) groups is 2. The fraction of sp³-hybridized carbons (Fsp3) is 0.0667. The molecule has 2 rings (SSSR count). The number of imide groups is 1. The molecule has 0 atom stereocenters. The van der Waals surface area contributed by atoms with Crippen molar-refractivity contribution in [3.63, 3.8) is 0 Å². The van der Waals surface area contributed by atoms with E-state index in [1.807, 2.05) is 0 Å². The Balaban J connectivity index is 2.23. The molecule has 2 amide bonds. The highest BCUT2D eigenvalue weighted by Gasteiger charge is 2.22. The van der Waals surface area contributed by atoms with Crippen LogP contribution < -0.4 is 15.4 Å². The Morgan fingerprint density at radius 1 is 1.05 bits per heavy atom. The number of nitrogens with two attached hydrogens (primary N) is 1. The van der Waals surface area contributed by atoms with E-state index in [0.717, 1.165) is 4.90 Å². The van der Waals surface area contributed by atoms with Gasteiger partial charge in [-0.15, -0.1) is 0 Å². The van der Waals surface area contributed by atoms with Crippen LogP contribution in [0.5, 0.6) is 5.75 Å². The van der Waals surface area contributed by atoms with Gasteiger partial charge in [0.1, 0.15) is 5.75 Å².